The van der Waals surface area contributed by atoms with Crippen LogP contribution in [-0.4, -0.2) is 34.3 Å². The van der Waals surface area contributed by atoms with E-state index in [2.05, 4.69) is 16.5 Å². The number of carbonyl (C=O) groups excluding carboxylic acids is 1. The van der Waals surface area contributed by atoms with Gasteiger partial charge in [-0.25, -0.2) is 27.3 Å². The zero-order chi connectivity index (χ0) is 24.3. The fourth-order valence-corrected chi connectivity index (χ4v) is 3.37. The zero-order valence-electron chi connectivity index (χ0n) is 17.8. The van der Waals surface area contributed by atoms with Crippen molar-refractivity contribution < 1.29 is 32.2 Å². The van der Waals surface area contributed by atoms with Crippen LogP contribution in [0.5, 0.6) is 0 Å². The molecule has 1 heterocycles. The lowest BCUT2D eigenvalue weighted by Gasteiger charge is -2.11. The second-order valence-corrected chi connectivity index (χ2v) is 7.02. The van der Waals surface area contributed by atoms with Crippen LogP contribution in [0.1, 0.15) is 28.4 Å². The van der Waals surface area contributed by atoms with Crippen LogP contribution in [0.2, 0.25) is 0 Å². The average molecular weight is 460 g/mol. The van der Waals surface area contributed by atoms with E-state index < -0.39 is 52.8 Å². The van der Waals surface area contributed by atoms with E-state index in [0.29, 0.717) is 5.56 Å². The Kier molecular flexibility index (Phi) is 7.13. The standard InChI is InChI=1S/C24H20F4N2O3/c1-4-6-13(7-5-2)16-18(25)20(27)17(21(28)19(16)26)23-29-15-11-12(3)10-14(22(15)30-23)24(32)33-9-8-31/h4-7,10-11,31H,1,8-9H2,2-3H3,(H,29,30)/b7-5-,13-6+. The van der Waals surface area contributed by atoms with Gasteiger partial charge in [0.25, 0.3) is 0 Å². The number of hydrogen-bond donors (Lipinski definition) is 2. The molecular formula is C24H20F4N2O3. The summed E-state index contributed by atoms with van der Waals surface area (Å²) in [6, 6.07) is 2.98. The van der Waals surface area contributed by atoms with Gasteiger partial charge in [0.1, 0.15) is 17.9 Å². The molecule has 0 aliphatic heterocycles. The quantitative estimate of drug-likeness (QED) is 0.215. The van der Waals surface area contributed by atoms with Crippen molar-refractivity contribution >= 4 is 22.6 Å². The van der Waals surface area contributed by atoms with Crippen molar-refractivity contribution in [2.45, 2.75) is 13.8 Å². The topological polar surface area (TPSA) is 75.2 Å². The van der Waals surface area contributed by atoms with Crippen molar-refractivity contribution in [1.29, 1.82) is 0 Å². The molecule has 0 aliphatic rings. The summed E-state index contributed by atoms with van der Waals surface area (Å²) in [5.41, 5.74) is -1.30. The number of fused-ring (bicyclic) bond motifs is 1. The molecule has 0 bridgehead atoms. The van der Waals surface area contributed by atoms with Gasteiger partial charge in [-0.1, -0.05) is 30.9 Å². The Labute approximate surface area is 186 Å². The normalized spacial score (nSPS) is 12.0. The second kappa shape index (κ2) is 9.83. The number of aliphatic hydroxyl groups is 1. The Bertz CT molecular complexity index is 1280. The number of allylic oxidation sites excluding steroid dienone is 5. The van der Waals surface area contributed by atoms with Crippen LogP contribution in [0.3, 0.4) is 0 Å². The minimum Gasteiger partial charge on any atom is -0.460 e. The number of hydrogen-bond acceptors (Lipinski definition) is 4. The third-order valence-electron chi connectivity index (χ3n) is 4.71. The van der Waals surface area contributed by atoms with Crippen LogP contribution in [0.25, 0.3) is 28.0 Å². The van der Waals surface area contributed by atoms with Crippen molar-refractivity contribution in [3.05, 3.63) is 83.0 Å². The van der Waals surface area contributed by atoms with Gasteiger partial charge in [-0.05, 0) is 37.1 Å². The van der Waals surface area contributed by atoms with Crippen LogP contribution < -0.4 is 0 Å². The lowest BCUT2D eigenvalue weighted by molar-refractivity contribution is 0.0435. The van der Waals surface area contributed by atoms with Crippen LogP contribution in [-0.2, 0) is 4.74 Å². The Morgan fingerprint density at radius 1 is 1.18 bits per heavy atom. The molecule has 33 heavy (non-hydrogen) atoms. The summed E-state index contributed by atoms with van der Waals surface area (Å²) in [4.78, 5) is 19.0. The smallest absolute Gasteiger partial charge is 0.340 e. The van der Waals surface area contributed by atoms with Crippen molar-refractivity contribution in [3.8, 4) is 11.4 Å². The molecule has 0 radical (unpaired) electrons. The van der Waals surface area contributed by atoms with E-state index in [1.165, 1.54) is 30.4 Å². The molecule has 0 saturated heterocycles. The molecule has 3 aromatic rings. The van der Waals surface area contributed by atoms with Crippen LogP contribution in [0, 0.1) is 30.2 Å². The largest absolute Gasteiger partial charge is 0.460 e. The highest BCUT2D eigenvalue weighted by Gasteiger charge is 2.29. The molecule has 2 N–H and O–H groups in total. The molecule has 0 aliphatic carbocycles. The molecule has 5 nitrogen and oxygen atoms in total. The average Bonchev–Trinajstić information content (AvgIpc) is 3.19. The maximum absolute atomic E-state index is 15.0. The van der Waals surface area contributed by atoms with E-state index in [0.717, 1.165) is 0 Å². The molecule has 0 unspecified atom stereocenters. The van der Waals surface area contributed by atoms with Gasteiger partial charge >= 0.3 is 5.97 Å². The third-order valence-corrected chi connectivity index (χ3v) is 4.71. The van der Waals surface area contributed by atoms with Gasteiger partial charge < -0.3 is 14.8 Å². The molecule has 2 aromatic carbocycles. The summed E-state index contributed by atoms with van der Waals surface area (Å²) in [7, 11) is 0. The highest BCUT2D eigenvalue weighted by Crippen LogP contribution is 2.35. The number of carbonyl (C=O) groups is 1. The van der Waals surface area contributed by atoms with Crippen molar-refractivity contribution in [2.24, 2.45) is 0 Å². The molecular weight excluding hydrogens is 440 g/mol. The number of imidazole rings is 1. The summed E-state index contributed by atoms with van der Waals surface area (Å²) in [6.45, 7) is 6.01. The number of halogens is 4. The number of rotatable bonds is 7. The number of H-pyrrole nitrogens is 1. The molecule has 0 atom stereocenters. The number of nitrogens with zero attached hydrogens (tertiary/aromatic N) is 1. The number of aromatic amines is 1. The third kappa shape index (κ3) is 4.45. The van der Waals surface area contributed by atoms with Gasteiger partial charge in [0.05, 0.1) is 28.8 Å². The number of aryl methyl sites for hydroxylation is 1. The van der Waals surface area contributed by atoms with Crippen molar-refractivity contribution in [2.75, 3.05) is 13.2 Å². The predicted molar refractivity (Wildman–Crippen MR) is 116 cm³/mol. The highest BCUT2D eigenvalue weighted by atomic mass is 19.2. The van der Waals surface area contributed by atoms with Crippen LogP contribution in [0.4, 0.5) is 17.6 Å². The summed E-state index contributed by atoms with van der Waals surface area (Å²) in [5.74, 6) is -7.84. The predicted octanol–water partition coefficient (Wildman–Crippen LogP) is 5.39. The van der Waals surface area contributed by atoms with E-state index in [1.54, 1.807) is 19.9 Å². The van der Waals surface area contributed by atoms with E-state index >= 15 is 8.78 Å². The molecule has 172 valence electrons. The molecule has 3 rings (SSSR count). The minimum absolute atomic E-state index is 0.0107. The Morgan fingerprint density at radius 2 is 1.85 bits per heavy atom. The van der Waals surface area contributed by atoms with Gasteiger partial charge in [0.15, 0.2) is 23.3 Å². The maximum Gasteiger partial charge on any atom is 0.340 e. The lowest BCUT2D eigenvalue weighted by Crippen LogP contribution is -2.09. The molecule has 9 heteroatoms. The number of benzene rings is 2. The van der Waals surface area contributed by atoms with Crippen molar-refractivity contribution in [1.82, 2.24) is 9.97 Å². The summed E-state index contributed by atoms with van der Waals surface area (Å²) >= 11 is 0. The Balaban J connectivity index is 2.25. The summed E-state index contributed by atoms with van der Waals surface area (Å²) in [5, 5.41) is 8.86. The van der Waals surface area contributed by atoms with E-state index in [-0.39, 0.29) is 28.8 Å². The molecule has 1 aromatic heterocycles. The van der Waals surface area contributed by atoms with Gasteiger partial charge in [0, 0.05) is 0 Å². The Morgan fingerprint density at radius 3 is 2.42 bits per heavy atom. The number of ether oxygens (including phenoxy) is 1. The van der Waals surface area contributed by atoms with Gasteiger partial charge in [-0.2, -0.15) is 0 Å². The lowest BCUT2D eigenvalue weighted by atomic mass is 9.99. The second-order valence-electron chi connectivity index (χ2n) is 7.02. The van der Waals surface area contributed by atoms with Gasteiger partial charge in [-0.3, -0.25) is 0 Å². The summed E-state index contributed by atoms with van der Waals surface area (Å²) in [6.07, 6.45) is 5.19. The number of aromatic nitrogens is 2. The Hall–Kier alpha value is -3.72. The summed E-state index contributed by atoms with van der Waals surface area (Å²) < 4.78 is 64.8. The molecule has 0 saturated carbocycles. The number of esters is 1. The van der Waals surface area contributed by atoms with E-state index in [4.69, 9.17) is 9.84 Å². The first-order valence-electron chi connectivity index (χ1n) is 9.85. The number of aliphatic hydroxyl groups excluding tert-OH is 1. The maximum atomic E-state index is 15.0. The van der Waals surface area contributed by atoms with Gasteiger partial charge in [0.2, 0.25) is 0 Å². The van der Waals surface area contributed by atoms with Crippen LogP contribution in [0.15, 0.2) is 43.0 Å². The van der Waals surface area contributed by atoms with E-state index in [1.807, 2.05) is 0 Å². The zero-order valence-corrected chi connectivity index (χ0v) is 17.8. The number of nitrogens with one attached hydrogen (secondary N) is 1. The first-order valence-corrected chi connectivity index (χ1v) is 9.85. The van der Waals surface area contributed by atoms with E-state index in [9.17, 15) is 13.6 Å². The molecule has 0 amide bonds. The monoisotopic (exact) mass is 460 g/mol. The first kappa shape index (κ1) is 23.9. The first-order chi connectivity index (χ1) is 15.7. The SMILES string of the molecule is C=C/C=C(\C=C/C)c1c(F)c(F)c(-c2nc3c(C(=O)OCCO)cc(C)cc3[nH]2)c(F)c1F. The fourth-order valence-electron chi connectivity index (χ4n) is 3.37. The van der Waals surface area contributed by atoms with Gasteiger partial charge in [-0.15, -0.1) is 0 Å². The highest BCUT2D eigenvalue weighted by molar-refractivity contribution is 6.03. The van der Waals surface area contributed by atoms with Crippen LogP contribution >= 0.6 is 0 Å². The van der Waals surface area contributed by atoms with Crippen molar-refractivity contribution in [3.63, 3.8) is 0 Å². The fraction of sp³-hybridized carbons (Fsp3) is 0.167. The molecule has 0 fully saturated rings. The molecule has 0 spiro atoms. The minimum atomic E-state index is -1.65.